The van der Waals surface area contributed by atoms with E-state index in [2.05, 4.69) is 16.3 Å². The van der Waals surface area contributed by atoms with Gasteiger partial charge in [0.2, 0.25) is 0 Å². The lowest BCUT2D eigenvalue weighted by molar-refractivity contribution is 0.0948. The molecule has 13 heavy (non-hydrogen) atoms. The number of terminal acetylenes is 1. The van der Waals surface area contributed by atoms with Gasteiger partial charge in [-0.25, -0.2) is 0 Å². The maximum atomic E-state index is 11.4. The summed E-state index contributed by atoms with van der Waals surface area (Å²) in [4.78, 5) is 11.4. The van der Waals surface area contributed by atoms with E-state index in [1.54, 1.807) is 24.9 Å². The molecule has 1 unspecified atom stereocenters. The van der Waals surface area contributed by atoms with Gasteiger partial charge in [0.15, 0.2) is 0 Å². The molecular weight excluding hydrogens is 166 g/mol. The van der Waals surface area contributed by atoms with Gasteiger partial charge in [0, 0.05) is 13.2 Å². The van der Waals surface area contributed by atoms with E-state index in [0.717, 1.165) is 0 Å². The number of hydrogen-bond acceptors (Lipinski definition) is 2. The van der Waals surface area contributed by atoms with Gasteiger partial charge in [0.1, 0.15) is 0 Å². The summed E-state index contributed by atoms with van der Waals surface area (Å²) in [7, 11) is 1.75. The average molecular weight is 177 g/mol. The van der Waals surface area contributed by atoms with Crippen LogP contribution in [0.15, 0.2) is 12.4 Å². The molecule has 0 fully saturated rings. The molecule has 0 aromatic carbocycles. The Morgan fingerprint density at radius 2 is 2.54 bits per heavy atom. The number of hydrogen-bond donors (Lipinski definition) is 1. The first-order chi connectivity index (χ1) is 6.13. The highest BCUT2D eigenvalue weighted by Gasteiger charge is 2.08. The molecule has 0 aliphatic heterocycles. The molecule has 1 heterocycles. The topological polar surface area (TPSA) is 46.9 Å². The first kappa shape index (κ1) is 9.33. The highest BCUT2D eigenvalue weighted by Crippen LogP contribution is 1.96. The van der Waals surface area contributed by atoms with Crippen LogP contribution in [0.2, 0.25) is 0 Å². The van der Waals surface area contributed by atoms with Crippen molar-refractivity contribution in [3.05, 3.63) is 18.0 Å². The first-order valence-electron chi connectivity index (χ1n) is 3.89. The molecule has 4 heteroatoms. The number of rotatable bonds is 2. The van der Waals surface area contributed by atoms with Crippen LogP contribution in [-0.4, -0.2) is 21.7 Å². The van der Waals surface area contributed by atoms with Crippen molar-refractivity contribution < 1.29 is 4.79 Å². The fourth-order valence-electron chi connectivity index (χ4n) is 0.860. The molecular formula is C9H11N3O. The number of aromatic nitrogens is 2. The van der Waals surface area contributed by atoms with Gasteiger partial charge < -0.3 is 5.32 Å². The summed E-state index contributed by atoms with van der Waals surface area (Å²) in [6.07, 6.45) is 8.25. The van der Waals surface area contributed by atoms with Crippen molar-refractivity contribution in [1.82, 2.24) is 15.1 Å². The molecule has 0 saturated heterocycles. The highest BCUT2D eigenvalue weighted by molar-refractivity contribution is 5.94. The van der Waals surface area contributed by atoms with E-state index in [1.165, 1.54) is 6.20 Å². The molecule has 1 amide bonds. The van der Waals surface area contributed by atoms with Crippen LogP contribution in [-0.2, 0) is 7.05 Å². The van der Waals surface area contributed by atoms with Crippen LogP contribution >= 0.6 is 0 Å². The van der Waals surface area contributed by atoms with Gasteiger partial charge >= 0.3 is 0 Å². The summed E-state index contributed by atoms with van der Waals surface area (Å²) < 4.78 is 1.56. The minimum atomic E-state index is -0.257. The molecule has 1 aromatic heterocycles. The molecule has 0 radical (unpaired) electrons. The normalized spacial score (nSPS) is 11.8. The number of amides is 1. The Labute approximate surface area is 76.9 Å². The summed E-state index contributed by atoms with van der Waals surface area (Å²) in [6.45, 7) is 1.74. The van der Waals surface area contributed by atoms with Gasteiger partial charge in [0.25, 0.3) is 5.91 Å². The third-order valence-corrected chi connectivity index (χ3v) is 1.56. The Hall–Kier alpha value is -1.76. The monoisotopic (exact) mass is 177 g/mol. The molecule has 1 aromatic rings. The molecule has 1 atom stereocenters. The minimum Gasteiger partial charge on any atom is -0.339 e. The van der Waals surface area contributed by atoms with Crippen molar-refractivity contribution in [3.8, 4) is 12.3 Å². The standard InChI is InChI=1S/C9H11N3O/c1-4-7(2)11-9(13)8-5-10-12(3)6-8/h1,5-7H,2-3H3,(H,11,13). The van der Waals surface area contributed by atoms with Crippen LogP contribution in [0, 0.1) is 12.3 Å². The smallest absolute Gasteiger partial charge is 0.255 e. The number of aryl methyl sites for hydroxylation is 1. The number of carbonyl (C=O) groups excluding carboxylic acids is 1. The number of nitrogens with one attached hydrogen (secondary N) is 1. The molecule has 0 saturated carbocycles. The third-order valence-electron chi connectivity index (χ3n) is 1.56. The zero-order valence-electron chi connectivity index (χ0n) is 7.61. The summed E-state index contributed by atoms with van der Waals surface area (Å²) >= 11 is 0. The van der Waals surface area contributed by atoms with E-state index < -0.39 is 0 Å². The second-order valence-corrected chi connectivity index (χ2v) is 2.76. The lowest BCUT2D eigenvalue weighted by Gasteiger charge is -2.04. The minimum absolute atomic E-state index is 0.196. The average Bonchev–Trinajstić information content (AvgIpc) is 2.51. The van der Waals surface area contributed by atoms with Gasteiger partial charge in [0.05, 0.1) is 17.8 Å². The molecule has 0 aliphatic carbocycles. The SMILES string of the molecule is C#CC(C)NC(=O)c1cnn(C)c1. The lowest BCUT2D eigenvalue weighted by atomic mass is 10.3. The van der Waals surface area contributed by atoms with Crippen molar-refractivity contribution in [2.75, 3.05) is 0 Å². The largest absolute Gasteiger partial charge is 0.339 e. The number of nitrogens with zero attached hydrogens (tertiary/aromatic N) is 2. The van der Waals surface area contributed by atoms with Crippen LogP contribution in [0.5, 0.6) is 0 Å². The predicted octanol–water partition coefficient (Wildman–Crippen LogP) is 0.172. The Balaban J connectivity index is 2.65. The van der Waals surface area contributed by atoms with E-state index >= 15 is 0 Å². The zero-order valence-corrected chi connectivity index (χ0v) is 7.61. The molecule has 68 valence electrons. The van der Waals surface area contributed by atoms with Crippen LogP contribution < -0.4 is 5.32 Å². The summed E-state index contributed by atoms with van der Waals surface area (Å²) in [5.74, 6) is 2.22. The van der Waals surface area contributed by atoms with Crippen LogP contribution in [0.4, 0.5) is 0 Å². The van der Waals surface area contributed by atoms with Gasteiger partial charge in [-0.3, -0.25) is 9.48 Å². The Bertz CT molecular complexity index is 348. The van der Waals surface area contributed by atoms with E-state index in [0.29, 0.717) is 5.56 Å². The molecule has 4 nitrogen and oxygen atoms in total. The second-order valence-electron chi connectivity index (χ2n) is 2.76. The molecule has 1 N–H and O–H groups in total. The van der Waals surface area contributed by atoms with Crippen LogP contribution in [0.1, 0.15) is 17.3 Å². The van der Waals surface area contributed by atoms with E-state index in [-0.39, 0.29) is 11.9 Å². The Kier molecular flexibility index (Phi) is 2.70. The molecule has 1 rings (SSSR count). The molecule has 0 spiro atoms. The second kappa shape index (κ2) is 3.76. The van der Waals surface area contributed by atoms with Gasteiger partial charge in [-0.05, 0) is 6.92 Å². The van der Waals surface area contributed by atoms with E-state index in [9.17, 15) is 4.79 Å². The summed E-state index contributed by atoms with van der Waals surface area (Å²) in [5.41, 5.74) is 0.518. The zero-order chi connectivity index (χ0) is 9.84. The van der Waals surface area contributed by atoms with Crippen molar-refractivity contribution >= 4 is 5.91 Å². The van der Waals surface area contributed by atoms with Crippen LogP contribution in [0.25, 0.3) is 0 Å². The van der Waals surface area contributed by atoms with Crippen molar-refractivity contribution in [1.29, 1.82) is 0 Å². The quantitative estimate of drug-likeness (QED) is 0.655. The van der Waals surface area contributed by atoms with Gasteiger partial charge in [-0.1, -0.05) is 5.92 Å². The van der Waals surface area contributed by atoms with Crippen molar-refractivity contribution in [2.45, 2.75) is 13.0 Å². The Morgan fingerprint density at radius 1 is 1.85 bits per heavy atom. The number of carbonyl (C=O) groups is 1. The third kappa shape index (κ3) is 2.34. The predicted molar refractivity (Wildman–Crippen MR) is 49.0 cm³/mol. The molecule has 0 aliphatic rings. The lowest BCUT2D eigenvalue weighted by Crippen LogP contribution is -2.30. The van der Waals surface area contributed by atoms with Gasteiger partial charge in [-0.2, -0.15) is 5.10 Å². The van der Waals surface area contributed by atoms with E-state index in [1.807, 2.05) is 0 Å². The van der Waals surface area contributed by atoms with Crippen LogP contribution in [0.3, 0.4) is 0 Å². The molecule has 0 bridgehead atoms. The fraction of sp³-hybridized carbons (Fsp3) is 0.333. The summed E-state index contributed by atoms with van der Waals surface area (Å²) in [6, 6.07) is -0.257. The van der Waals surface area contributed by atoms with Crippen molar-refractivity contribution in [2.24, 2.45) is 7.05 Å². The van der Waals surface area contributed by atoms with Gasteiger partial charge in [-0.15, -0.1) is 6.42 Å². The van der Waals surface area contributed by atoms with E-state index in [4.69, 9.17) is 6.42 Å². The highest BCUT2D eigenvalue weighted by atomic mass is 16.1. The first-order valence-corrected chi connectivity index (χ1v) is 3.89. The maximum absolute atomic E-state index is 11.4. The Morgan fingerprint density at radius 3 is 3.00 bits per heavy atom. The fourth-order valence-corrected chi connectivity index (χ4v) is 0.860. The summed E-state index contributed by atoms with van der Waals surface area (Å²) in [5, 5.41) is 6.51. The maximum Gasteiger partial charge on any atom is 0.255 e. The van der Waals surface area contributed by atoms with Crippen molar-refractivity contribution in [3.63, 3.8) is 0 Å².